The number of piperazine rings is 1. The summed E-state index contributed by atoms with van der Waals surface area (Å²) in [6, 6.07) is 4.75. The van der Waals surface area contributed by atoms with Crippen LogP contribution in [0.2, 0.25) is 0 Å². The zero-order valence-corrected chi connectivity index (χ0v) is 15.2. The number of sulfonamides is 1. The molecule has 0 aliphatic carbocycles. The fourth-order valence-corrected chi connectivity index (χ4v) is 4.25. The van der Waals surface area contributed by atoms with Gasteiger partial charge in [0.1, 0.15) is 0 Å². The Labute approximate surface area is 143 Å². The average Bonchev–Trinajstić information content (AvgIpc) is 2.47. The summed E-state index contributed by atoms with van der Waals surface area (Å²) < 4.78 is 32.1. The molecule has 130 valence electrons. The lowest BCUT2D eigenvalue weighted by atomic mass is 10.1. The molecule has 1 aliphatic rings. The Hall–Kier alpha value is -1.15. The van der Waals surface area contributed by atoms with Gasteiger partial charge in [-0.15, -0.1) is 12.4 Å². The number of esters is 1. The molecule has 0 amide bonds. The van der Waals surface area contributed by atoms with E-state index < -0.39 is 16.0 Å². The number of rotatable bonds is 4. The zero-order chi connectivity index (χ0) is 16.3. The Balaban J connectivity index is 0.00000264. The second-order valence-corrected chi connectivity index (χ2v) is 7.33. The summed E-state index contributed by atoms with van der Waals surface area (Å²) in [5, 5.41) is 3.22. The molecule has 1 saturated heterocycles. The Kier molecular flexibility index (Phi) is 7.01. The highest BCUT2D eigenvalue weighted by Crippen LogP contribution is 2.23. The predicted octanol–water partition coefficient (Wildman–Crippen LogP) is 1.58. The second kappa shape index (κ2) is 8.10. The van der Waals surface area contributed by atoms with Crippen molar-refractivity contribution in [1.82, 2.24) is 9.62 Å². The summed E-state index contributed by atoms with van der Waals surface area (Å²) in [6.07, 6.45) is 0. The van der Waals surface area contributed by atoms with Gasteiger partial charge in [-0.25, -0.2) is 13.2 Å². The van der Waals surface area contributed by atoms with E-state index in [2.05, 4.69) is 5.32 Å². The molecule has 0 bridgehead atoms. The number of hydrogen-bond donors (Lipinski definition) is 1. The molecule has 1 N–H and O–H groups in total. The summed E-state index contributed by atoms with van der Waals surface area (Å²) in [7, 11) is -3.61. The van der Waals surface area contributed by atoms with Gasteiger partial charge in [0.05, 0.1) is 17.1 Å². The molecule has 0 saturated carbocycles. The summed E-state index contributed by atoms with van der Waals surface area (Å²) in [5.74, 6) is -0.507. The van der Waals surface area contributed by atoms with Gasteiger partial charge in [-0.05, 0) is 38.5 Å². The van der Waals surface area contributed by atoms with Gasteiger partial charge in [0, 0.05) is 25.7 Å². The van der Waals surface area contributed by atoms with Crippen molar-refractivity contribution in [3.8, 4) is 0 Å². The minimum absolute atomic E-state index is 0. The predicted molar refractivity (Wildman–Crippen MR) is 90.6 cm³/mol. The normalized spacial score (nSPS) is 19.0. The number of nitrogens with zero attached hydrogens (tertiary/aromatic N) is 1. The Morgan fingerprint density at radius 3 is 2.74 bits per heavy atom. The van der Waals surface area contributed by atoms with E-state index in [9.17, 15) is 13.2 Å². The molecule has 1 aromatic carbocycles. The van der Waals surface area contributed by atoms with Crippen LogP contribution in [0.3, 0.4) is 0 Å². The van der Waals surface area contributed by atoms with E-state index in [4.69, 9.17) is 4.74 Å². The number of aryl methyl sites for hydroxylation is 1. The summed E-state index contributed by atoms with van der Waals surface area (Å²) in [4.78, 5) is 12.0. The molecule has 1 aliphatic heterocycles. The topological polar surface area (TPSA) is 75.7 Å². The molecule has 2 rings (SSSR count). The van der Waals surface area contributed by atoms with Gasteiger partial charge < -0.3 is 10.1 Å². The van der Waals surface area contributed by atoms with Gasteiger partial charge in [0.2, 0.25) is 10.0 Å². The third-order valence-corrected chi connectivity index (χ3v) is 5.66. The van der Waals surface area contributed by atoms with E-state index in [0.29, 0.717) is 25.2 Å². The van der Waals surface area contributed by atoms with Crippen LogP contribution in [-0.2, 0) is 14.8 Å². The third-order valence-electron chi connectivity index (χ3n) is 3.65. The number of hydrogen-bond acceptors (Lipinski definition) is 5. The number of halogens is 1. The van der Waals surface area contributed by atoms with Crippen LogP contribution in [-0.4, -0.2) is 51.0 Å². The van der Waals surface area contributed by atoms with Crippen molar-refractivity contribution in [1.29, 1.82) is 0 Å². The van der Waals surface area contributed by atoms with Crippen LogP contribution in [0.25, 0.3) is 0 Å². The lowest BCUT2D eigenvalue weighted by molar-refractivity contribution is 0.0526. The van der Waals surface area contributed by atoms with Crippen LogP contribution < -0.4 is 5.32 Å². The number of nitrogens with one attached hydrogen (secondary N) is 1. The van der Waals surface area contributed by atoms with Crippen LogP contribution in [0.5, 0.6) is 0 Å². The van der Waals surface area contributed by atoms with Crippen molar-refractivity contribution in [2.45, 2.75) is 31.7 Å². The second-order valence-electron chi connectivity index (χ2n) is 5.42. The Morgan fingerprint density at radius 2 is 2.13 bits per heavy atom. The van der Waals surface area contributed by atoms with Gasteiger partial charge in [-0.1, -0.05) is 6.07 Å². The van der Waals surface area contributed by atoms with Gasteiger partial charge in [-0.3, -0.25) is 0 Å². The molecule has 1 fully saturated rings. The number of ether oxygens (including phenoxy) is 1. The van der Waals surface area contributed by atoms with E-state index in [1.54, 1.807) is 26.0 Å². The number of benzene rings is 1. The minimum Gasteiger partial charge on any atom is -0.462 e. The van der Waals surface area contributed by atoms with Gasteiger partial charge in [0.25, 0.3) is 0 Å². The lowest BCUT2D eigenvalue weighted by Gasteiger charge is -2.31. The molecule has 6 nitrogen and oxygen atoms in total. The van der Waals surface area contributed by atoms with Gasteiger partial charge in [0.15, 0.2) is 0 Å². The summed E-state index contributed by atoms with van der Waals surface area (Å²) in [6.45, 7) is 7.12. The van der Waals surface area contributed by atoms with Crippen molar-refractivity contribution < 1.29 is 17.9 Å². The fourth-order valence-electron chi connectivity index (χ4n) is 2.47. The van der Waals surface area contributed by atoms with E-state index in [0.717, 1.165) is 0 Å². The molecule has 1 heterocycles. The minimum atomic E-state index is -3.61. The Bertz CT molecular complexity index is 663. The van der Waals surface area contributed by atoms with Crippen molar-refractivity contribution in [3.05, 3.63) is 29.3 Å². The Morgan fingerprint density at radius 1 is 1.43 bits per heavy atom. The first kappa shape index (κ1) is 19.9. The lowest BCUT2D eigenvalue weighted by Crippen LogP contribution is -2.51. The summed E-state index contributed by atoms with van der Waals surface area (Å²) in [5.41, 5.74) is 0.883. The van der Waals surface area contributed by atoms with Crippen LogP contribution in [0.1, 0.15) is 29.8 Å². The fraction of sp³-hybridized carbons (Fsp3) is 0.533. The first-order valence-electron chi connectivity index (χ1n) is 7.37. The largest absolute Gasteiger partial charge is 0.462 e. The molecule has 0 aromatic heterocycles. The molecular weight excluding hydrogens is 340 g/mol. The first-order chi connectivity index (χ1) is 10.4. The molecule has 0 radical (unpaired) electrons. The van der Waals surface area contributed by atoms with Gasteiger partial charge in [-0.2, -0.15) is 4.31 Å². The van der Waals surface area contributed by atoms with Crippen LogP contribution in [0.15, 0.2) is 23.1 Å². The molecule has 23 heavy (non-hydrogen) atoms. The van der Waals surface area contributed by atoms with Crippen LogP contribution in [0.4, 0.5) is 0 Å². The SMILES string of the molecule is CCOC(=O)c1ccc(C)c(S(=O)(=O)N2CCNC(C)C2)c1.Cl. The van der Waals surface area contributed by atoms with Crippen molar-refractivity contribution in [3.63, 3.8) is 0 Å². The quantitative estimate of drug-likeness (QED) is 0.823. The molecule has 0 spiro atoms. The van der Waals surface area contributed by atoms with Crippen LogP contribution in [0, 0.1) is 6.92 Å². The molecule has 1 unspecified atom stereocenters. The highest BCUT2D eigenvalue weighted by atomic mass is 35.5. The van der Waals surface area contributed by atoms with Crippen LogP contribution >= 0.6 is 12.4 Å². The first-order valence-corrected chi connectivity index (χ1v) is 8.81. The summed E-state index contributed by atoms with van der Waals surface area (Å²) >= 11 is 0. The van der Waals surface area contributed by atoms with E-state index in [1.807, 2.05) is 6.92 Å². The van der Waals surface area contributed by atoms with Crippen molar-refractivity contribution in [2.75, 3.05) is 26.2 Å². The van der Waals surface area contributed by atoms with E-state index in [-0.39, 0.29) is 35.5 Å². The van der Waals surface area contributed by atoms with Crippen molar-refractivity contribution in [2.24, 2.45) is 0 Å². The standard InChI is InChI=1S/C15H22N2O4S.ClH/c1-4-21-15(18)13-6-5-11(2)14(9-13)22(19,20)17-8-7-16-12(3)10-17;/h5-6,9,12,16H,4,7-8,10H2,1-3H3;1H. The monoisotopic (exact) mass is 362 g/mol. The maximum absolute atomic E-state index is 12.8. The van der Waals surface area contributed by atoms with E-state index >= 15 is 0 Å². The van der Waals surface area contributed by atoms with Crippen molar-refractivity contribution >= 4 is 28.4 Å². The smallest absolute Gasteiger partial charge is 0.338 e. The molecule has 1 aromatic rings. The maximum Gasteiger partial charge on any atom is 0.338 e. The van der Waals surface area contributed by atoms with Gasteiger partial charge >= 0.3 is 5.97 Å². The molecule has 1 atom stereocenters. The van der Waals surface area contributed by atoms with E-state index in [1.165, 1.54) is 10.4 Å². The molecule has 8 heteroatoms. The highest BCUT2D eigenvalue weighted by molar-refractivity contribution is 7.89. The molecular formula is C15H23ClN2O4S. The third kappa shape index (κ3) is 4.44. The maximum atomic E-state index is 12.8. The number of carbonyl (C=O) groups excluding carboxylic acids is 1. The number of carbonyl (C=O) groups is 1. The highest BCUT2D eigenvalue weighted by Gasteiger charge is 2.30. The average molecular weight is 363 g/mol. The zero-order valence-electron chi connectivity index (χ0n) is 13.5.